The van der Waals surface area contributed by atoms with E-state index in [1.54, 1.807) is 7.85 Å². The van der Waals surface area contributed by atoms with E-state index >= 15 is 0 Å². The maximum atomic E-state index is 10.7. The Kier molecular flexibility index (Phi) is 3.49. The molecule has 1 fully saturated rings. The van der Waals surface area contributed by atoms with Gasteiger partial charge in [-0.15, -0.1) is 0 Å². The number of carboxylic acids is 1. The number of nitrogens with zero attached hydrogens (tertiary/aromatic N) is 1. The minimum Gasteiger partial charge on any atom is -0.482 e. The third-order valence-electron chi connectivity index (χ3n) is 3.08. The van der Waals surface area contributed by atoms with Crippen LogP contribution < -0.4 is 0 Å². The van der Waals surface area contributed by atoms with Crippen molar-refractivity contribution in [2.75, 3.05) is 0 Å². The van der Waals surface area contributed by atoms with Gasteiger partial charge in [0.05, 0.1) is 0 Å². The summed E-state index contributed by atoms with van der Waals surface area (Å²) in [6.07, 6.45) is 2.94. The molecule has 0 unspecified atom stereocenters. The van der Waals surface area contributed by atoms with E-state index in [0.717, 1.165) is 12.8 Å². The lowest BCUT2D eigenvalue weighted by Gasteiger charge is -2.28. The van der Waals surface area contributed by atoms with Gasteiger partial charge in [-0.3, -0.25) is 14.9 Å². The van der Waals surface area contributed by atoms with Gasteiger partial charge in [-0.05, 0) is 12.8 Å². The molecule has 1 aliphatic rings. The second kappa shape index (κ2) is 4.44. The van der Waals surface area contributed by atoms with Crippen LogP contribution in [-0.4, -0.2) is 29.9 Å². The molecule has 5 nitrogen and oxygen atoms in total. The Morgan fingerprint density at radius 1 is 1.50 bits per heavy atom. The van der Waals surface area contributed by atoms with Crippen LogP contribution in [0.25, 0.3) is 0 Å². The molecular weight excluding hydrogens is 185 g/mol. The van der Waals surface area contributed by atoms with Crippen LogP contribution in [0.2, 0.25) is 5.82 Å². The van der Waals surface area contributed by atoms with Gasteiger partial charge in [0.25, 0.3) is 5.97 Å². The van der Waals surface area contributed by atoms with Crippen LogP contribution in [0.1, 0.15) is 25.7 Å². The molecule has 0 amide bonds. The molecule has 0 heterocycles. The summed E-state index contributed by atoms with van der Waals surface area (Å²) in [5, 5.41) is 19.5. The maximum Gasteiger partial charge on any atom is 0.298 e. The molecule has 0 bridgehead atoms. The molecule has 0 spiro atoms. The number of carboxylic acid groups (broad SMARTS) is 1. The van der Waals surface area contributed by atoms with Gasteiger partial charge in [-0.25, -0.2) is 0 Å². The minimum absolute atomic E-state index is 0.295. The van der Waals surface area contributed by atoms with Crippen LogP contribution in [0.5, 0.6) is 0 Å². The lowest BCUT2D eigenvalue weighted by Crippen LogP contribution is -2.37. The van der Waals surface area contributed by atoms with E-state index < -0.39 is 17.8 Å². The Hall–Kier alpha value is -1.07. The SMILES string of the molecule is B[C@H](C(=O)O)[C@@H]1CCCC[C@@H]1[N+](=O)[O-]. The van der Waals surface area contributed by atoms with E-state index in [4.69, 9.17) is 5.11 Å². The zero-order valence-corrected chi connectivity index (χ0v) is 8.18. The lowest BCUT2D eigenvalue weighted by atomic mass is 9.68. The predicted octanol–water partition coefficient (Wildman–Crippen LogP) is 0.328. The quantitative estimate of drug-likeness (QED) is 0.403. The van der Waals surface area contributed by atoms with Crippen molar-refractivity contribution >= 4 is 13.8 Å². The molecule has 0 aromatic heterocycles. The first-order valence-corrected chi connectivity index (χ1v) is 4.90. The molecule has 0 aliphatic heterocycles. The first-order chi connectivity index (χ1) is 6.54. The normalized spacial score (nSPS) is 29.4. The van der Waals surface area contributed by atoms with Gasteiger partial charge in [0.1, 0.15) is 7.85 Å². The van der Waals surface area contributed by atoms with E-state index in [9.17, 15) is 14.9 Å². The van der Waals surface area contributed by atoms with E-state index in [1.807, 2.05) is 0 Å². The standard InChI is InChI=1S/C8H14BNO4/c9-7(8(11)12)5-3-1-2-4-6(5)10(13)14/h5-7H,1-4,9H2,(H,11,12)/t5-,6+,7+/m1/s1. The van der Waals surface area contributed by atoms with Crippen molar-refractivity contribution in [2.45, 2.75) is 37.5 Å². The third kappa shape index (κ3) is 2.24. The van der Waals surface area contributed by atoms with Crippen molar-refractivity contribution in [3.05, 3.63) is 10.1 Å². The summed E-state index contributed by atoms with van der Waals surface area (Å²) >= 11 is 0. The van der Waals surface area contributed by atoms with Crippen LogP contribution in [0.4, 0.5) is 0 Å². The third-order valence-corrected chi connectivity index (χ3v) is 3.08. The van der Waals surface area contributed by atoms with Crippen molar-refractivity contribution in [3.8, 4) is 0 Å². The van der Waals surface area contributed by atoms with Crippen LogP contribution in [-0.2, 0) is 4.79 Å². The monoisotopic (exact) mass is 199 g/mol. The molecule has 1 aliphatic carbocycles. The zero-order valence-electron chi connectivity index (χ0n) is 8.18. The summed E-state index contributed by atoms with van der Waals surface area (Å²) in [6.45, 7) is 0. The van der Waals surface area contributed by atoms with E-state index in [0.29, 0.717) is 12.8 Å². The molecule has 78 valence electrons. The number of carbonyl (C=O) groups is 1. The summed E-state index contributed by atoms with van der Waals surface area (Å²) < 4.78 is 0. The highest BCUT2D eigenvalue weighted by Crippen LogP contribution is 2.33. The Labute approximate surface area is 83.0 Å². The van der Waals surface area contributed by atoms with Gasteiger partial charge in [0.15, 0.2) is 0 Å². The summed E-state index contributed by atoms with van der Waals surface area (Å²) in [5.41, 5.74) is 0. The Balaban J connectivity index is 2.72. The smallest absolute Gasteiger partial charge is 0.298 e. The second-order valence-corrected chi connectivity index (χ2v) is 3.93. The average Bonchev–Trinajstić information content (AvgIpc) is 2.16. The Bertz CT molecular complexity index is 245. The van der Waals surface area contributed by atoms with Crippen LogP contribution in [0.15, 0.2) is 0 Å². The van der Waals surface area contributed by atoms with E-state index in [-0.39, 0.29) is 10.8 Å². The number of rotatable bonds is 3. The van der Waals surface area contributed by atoms with Crippen molar-refractivity contribution in [2.24, 2.45) is 5.92 Å². The van der Waals surface area contributed by atoms with Gasteiger partial charge in [0, 0.05) is 23.1 Å². The largest absolute Gasteiger partial charge is 0.482 e. The number of hydrogen-bond acceptors (Lipinski definition) is 3. The molecular formula is C8H14BNO4. The lowest BCUT2D eigenvalue weighted by molar-refractivity contribution is -0.535. The first kappa shape index (κ1) is 11.0. The fraction of sp³-hybridized carbons (Fsp3) is 0.875. The summed E-state index contributed by atoms with van der Waals surface area (Å²) in [6, 6.07) is -0.658. The molecule has 0 aromatic carbocycles. The molecule has 1 saturated carbocycles. The van der Waals surface area contributed by atoms with Crippen LogP contribution >= 0.6 is 0 Å². The number of nitro groups is 1. The molecule has 3 atom stereocenters. The highest BCUT2D eigenvalue weighted by atomic mass is 16.6. The highest BCUT2D eigenvalue weighted by Gasteiger charge is 2.39. The fourth-order valence-corrected chi connectivity index (χ4v) is 2.17. The van der Waals surface area contributed by atoms with Crippen LogP contribution in [0.3, 0.4) is 0 Å². The Morgan fingerprint density at radius 2 is 2.07 bits per heavy atom. The van der Waals surface area contributed by atoms with Gasteiger partial charge in [-0.1, -0.05) is 6.42 Å². The number of aliphatic carboxylic acids is 1. The molecule has 0 aromatic rings. The van der Waals surface area contributed by atoms with E-state index in [2.05, 4.69) is 0 Å². The van der Waals surface area contributed by atoms with Crippen molar-refractivity contribution in [1.29, 1.82) is 0 Å². The summed E-state index contributed by atoms with van der Waals surface area (Å²) in [5.74, 6) is -1.83. The van der Waals surface area contributed by atoms with Crippen molar-refractivity contribution in [1.82, 2.24) is 0 Å². The fourth-order valence-electron chi connectivity index (χ4n) is 2.17. The Morgan fingerprint density at radius 3 is 2.57 bits per heavy atom. The van der Waals surface area contributed by atoms with Gasteiger partial charge in [-0.2, -0.15) is 0 Å². The minimum atomic E-state index is -0.927. The van der Waals surface area contributed by atoms with Gasteiger partial charge >= 0.3 is 0 Å². The molecule has 1 rings (SSSR count). The highest BCUT2D eigenvalue weighted by molar-refractivity contribution is 6.22. The van der Waals surface area contributed by atoms with E-state index in [1.165, 1.54) is 0 Å². The first-order valence-electron chi connectivity index (χ1n) is 4.90. The second-order valence-electron chi connectivity index (χ2n) is 3.93. The molecule has 0 saturated heterocycles. The van der Waals surface area contributed by atoms with Gasteiger partial charge in [0.2, 0.25) is 6.04 Å². The summed E-state index contributed by atoms with van der Waals surface area (Å²) in [7, 11) is 1.56. The van der Waals surface area contributed by atoms with Crippen LogP contribution in [0, 0.1) is 16.0 Å². The zero-order chi connectivity index (χ0) is 10.7. The molecule has 0 radical (unpaired) electrons. The average molecular weight is 199 g/mol. The molecule has 1 N–H and O–H groups in total. The van der Waals surface area contributed by atoms with Crippen molar-refractivity contribution < 1.29 is 14.8 Å². The predicted molar refractivity (Wildman–Crippen MR) is 52.7 cm³/mol. The maximum absolute atomic E-state index is 10.7. The van der Waals surface area contributed by atoms with Gasteiger partial charge < -0.3 is 5.11 Å². The van der Waals surface area contributed by atoms with Crippen molar-refractivity contribution in [3.63, 3.8) is 0 Å². The molecule has 14 heavy (non-hydrogen) atoms. The summed E-state index contributed by atoms with van der Waals surface area (Å²) in [4.78, 5) is 21.1. The topological polar surface area (TPSA) is 80.4 Å². The number of hydrogen-bond donors (Lipinski definition) is 1. The molecule has 6 heteroatoms.